The van der Waals surface area contributed by atoms with Gasteiger partial charge in [0.1, 0.15) is 23.1 Å². The number of carbonyl (C=O) groups is 1. The molecule has 3 rings (SSSR count). The molecular weight excluding hydrogens is 336 g/mol. The molecule has 25 heavy (non-hydrogen) atoms. The minimum absolute atomic E-state index is 0.0753. The summed E-state index contributed by atoms with van der Waals surface area (Å²) in [4.78, 5) is 12.9. The number of rotatable bonds is 4. The van der Waals surface area contributed by atoms with Crippen LogP contribution in [-0.4, -0.2) is 15.6 Å². The van der Waals surface area contributed by atoms with Gasteiger partial charge in [0.15, 0.2) is 5.78 Å². The molecule has 2 N–H and O–H groups in total. The van der Waals surface area contributed by atoms with Crippen molar-refractivity contribution in [2.45, 2.75) is 12.8 Å². The summed E-state index contributed by atoms with van der Waals surface area (Å²) in [5.41, 5.74) is 7.70. The van der Waals surface area contributed by atoms with Crippen molar-refractivity contribution in [2.75, 3.05) is 5.73 Å². The molecule has 124 valence electrons. The SMILES string of the molecule is CC(C(=O)c1nn(-c2ccc(Cl)cc2)c(N)c1C#N)c1ccccc1. The Hall–Kier alpha value is -3.10. The van der Waals surface area contributed by atoms with Crippen LogP contribution in [0.2, 0.25) is 5.02 Å². The number of Topliss-reactive ketones (excluding diaryl/α,β-unsaturated/α-hetero) is 1. The van der Waals surface area contributed by atoms with Crippen LogP contribution < -0.4 is 5.73 Å². The van der Waals surface area contributed by atoms with Crippen molar-refractivity contribution in [1.82, 2.24) is 9.78 Å². The highest BCUT2D eigenvalue weighted by atomic mass is 35.5. The molecule has 2 aromatic carbocycles. The topological polar surface area (TPSA) is 84.7 Å². The first-order valence-corrected chi connectivity index (χ1v) is 8.04. The zero-order chi connectivity index (χ0) is 18.0. The van der Waals surface area contributed by atoms with Crippen LogP contribution in [0.5, 0.6) is 0 Å². The van der Waals surface area contributed by atoms with Gasteiger partial charge in [-0.05, 0) is 29.8 Å². The third kappa shape index (κ3) is 3.12. The summed E-state index contributed by atoms with van der Waals surface area (Å²) in [7, 11) is 0. The third-order valence-corrected chi connectivity index (χ3v) is 4.28. The number of aromatic nitrogens is 2. The van der Waals surface area contributed by atoms with Crippen LogP contribution in [0.15, 0.2) is 54.6 Å². The van der Waals surface area contributed by atoms with Gasteiger partial charge in [-0.2, -0.15) is 10.4 Å². The summed E-state index contributed by atoms with van der Waals surface area (Å²) in [6, 6.07) is 18.2. The van der Waals surface area contributed by atoms with E-state index in [1.807, 2.05) is 36.4 Å². The Balaban J connectivity index is 2.05. The summed E-state index contributed by atoms with van der Waals surface area (Å²) in [5, 5.41) is 14.3. The van der Waals surface area contributed by atoms with E-state index in [-0.39, 0.29) is 22.9 Å². The van der Waals surface area contributed by atoms with Gasteiger partial charge in [0.2, 0.25) is 0 Å². The van der Waals surface area contributed by atoms with Gasteiger partial charge in [0.25, 0.3) is 0 Å². The largest absolute Gasteiger partial charge is 0.382 e. The van der Waals surface area contributed by atoms with Gasteiger partial charge in [0, 0.05) is 10.9 Å². The molecule has 1 unspecified atom stereocenters. The predicted octanol–water partition coefficient (Wildman–Crippen LogP) is 3.97. The molecule has 0 saturated heterocycles. The number of hydrogen-bond acceptors (Lipinski definition) is 4. The lowest BCUT2D eigenvalue weighted by atomic mass is 9.94. The lowest BCUT2D eigenvalue weighted by molar-refractivity contribution is 0.0960. The molecule has 1 aromatic heterocycles. The summed E-state index contributed by atoms with van der Waals surface area (Å²) in [6.45, 7) is 1.79. The number of ketones is 1. The van der Waals surface area contributed by atoms with Crippen molar-refractivity contribution >= 4 is 23.2 Å². The lowest BCUT2D eigenvalue weighted by Crippen LogP contribution is -2.12. The van der Waals surface area contributed by atoms with Gasteiger partial charge in [-0.15, -0.1) is 0 Å². The monoisotopic (exact) mass is 350 g/mol. The molecule has 0 bridgehead atoms. The van der Waals surface area contributed by atoms with Crippen LogP contribution in [0.4, 0.5) is 5.82 Å². The van der Waals surface area contributed by atoms with Crippen molar-refractivity contribution in [3.63, 3.8) is 0 Å². The van der Waals surface area contributed by atoms with E-state index in [0.29, 0.717) is 10.7 Å². The first-order valence-electron chi connectivity index (χ1n) is 7.66. The Bertz CT molecular complexity index is 956. The van der Waals surface area contributed by atoms with E-state index < -0.39 is 5.92 Å². The lowest BCUT2D eigenvalue weighted by Gasteiger charge is -2.09. The zero-order valence-corrected chi connectivity index (χ0v) is 14.2. The first-order chi connectivity index (χ1) is 12.0. The van der Waals surface area contributed by atoms with Crippen LogP contribution in [0.25, 0.3) is 5.69 Å². The number of carbonyl (C=O) groups excluding carboxylic acids is 1. The number of nitrogens with zero attached hydrogens (tertiary/aromatic N) is 3. The second-order valence-corrected chi connectivity index (χ2v) is 6.04. The van der Waals surface area contributed by atoms with Crippen molar-refractivity contribution in [1.29, 1.82) is 5.26 Å². The second-order valence-electron chi connectivity index (χ2n) is 5.61. The van der Waals surface area contributed by atoms with Crippen molar-refractivity contribution < 1.29 is 4.79 Å². The highest BCUT2D eigenvalue weighted by molar-refractivity contribution is 6.30. The fourth-order valence-corrected chi connectivity index (χ4v) is 2.72. The summed E-state index contributed by atoms with van der Waals surface area (Å²) in [5.74, 6) is -0.545. The molecular formula is C19H15ClN4O. The summed E-state index contributed by atoms with van der Waals surface area (Å²) < 4.78 is 1.39. The molecule has 0 fully saturated rings. The van der Waals surface area contributed by atoms with Crippen molar-refractivity contribution in [3.05, 3.63) is 76.4 Å². The van der Waals surface area contributed by atoms with Crippen LogP contribution in [-0.2, 0) is 0 Å². The average molecular weight is 351 g/mol. The summed E-state index contributed by atoms with van der Waals surface area (Å²) in [6.07, 6.45) is 0. The normalized spacial score (nSPS) is 11.7. The zero-order valence-electron chi connectivity index (χ0n) is 13.5. The molecule has 6 heteroatoms. The molecule has 0 spiro atoms. The van der Waals surface area contributed by atoms with E-state index >= 15 is 0 Å². The number of nitrogens with two attached hydrogens (primary N) is 1. The van der Waals surface area contributed by atoms with Crippen LogP contribution in [0, 0.1) is 11.3 Å². The number of halogens is 1. The van der Waals surface area contributed by atoms with E-state index in [2.05, 4.69) is 5.10 Å². The standard InChI is InChI=1S/C19H15ClN4O/c1-12(13-5-3-2-4-6-13)18(25)17-16(11-21)19(22)24(23-17)15-9-7-14(20)8-10-15/h2-10,12H,22H2,1H3. The van der Waals surface area contributed by atoms with Crippen LogP contribution >= 0.6 is 11.6 Å². The molecule has 0 aliphatic carbocycles. The third-order valence-electron chi connectivity index (χ3n) is 4.03. The van der Waals surface area contributed by atoms with E-state index in [9.17, 15) is 10.1 Å². The van der Waals surface area contributed by atoms with Crippen molar-refractivity contribution in [3.8, 4) is 11.8 Å². The highest BCUT2D eigenvalue weighted by Gasteiger charge is 2.26. The Morgan fingerprint density at radius 1 is 1.20 bits per heavy atom. The van der Waals surface area contributed by atoms with E-state index in [1.54, 1.807) is 31.2 Å². The van der Waals surface area contributed by atoms with Gasteiger partial charge < -0.3 is 5.73 Å². The number of anilines is 1. The smallest absolute Gasteiger partial charge is 0.191 e. The molecule has 0 saturated carbocycles. The maximum atomic E-state index is 12.9. The molecule has 0 aliphatic heterocycles. The van der Waals surface area contributed by atoms with Gasteiger partial charge in [-0.1, -0.05) is 48.9 Å². The Morgan fingerprint density at radius 2 is 1.84 bits per heavy atom. The molecule has 5 nitrogen and oxygen atoms in total. The minimum atomic E-state index is -0.429. The van der Waals surface area contributed by atoms with E-state index in [4.69, 9.17) is 17.3 Å². The molecule has 1 heterocycles. The minimum Gasteiger partial charge on any atom is -0.382 e. The molecule has 3 aromatic rings. The highest BCUT2D eigenvalue weighted by Crippen LogP contribution is 2.26. The van der Waals surface area contributed by atoms with Crippen molar-refractivity contribution in [2.24, 2.45) is 0 Å². The molecule has 0 aliphatic rings. The van der Waals surface area contributed by atoms with Crippen LogP contribution in [0.3, 0.4) is 0 Å². The fourth-order valence-electron chi connectivity index (χ4n) is 2.59. The molecule has 1 atom stereocenters. The number of nitriles is 1. The van der Waals surface area contributed by atoms with Gasteiger partial charge >= 0.3 is 0 Å². The average Bonchev–Trinajstić information content (AvgIpc) is 2.98. The van der Waals surface area contributed by atoms with E-state index in [1.165, 1.54) is 4.68 Å². The Labute approximate surface area is 150 Å². The van der Waals surface area contributed by atoms with Crippen LogP contribution in [0.1, 0.15) is 34.5 Å². The Morgan fingerprint density at radius 3 is 2.44 bits per heavy atom. The van der Waals surface area contributed by atoms with Gasteiger partial charge in [-0.25, -0.2) is 4.68 Å². The second kappa shape index (κ2) is 6.80. The number of benzene rings is 2. The maximum absolute atomic E-state index is 12.9. The Kier molecular flexibility index (Phi) is 4.55. The van der Waals surface area contributed by atoms with E-state index in [0.717, 1.165) is 5.56 Å². The predicted molar refractivity (Wildman–Crippen MR) is 96.9 cm³/mol. The van der Waals surface area contributed by atoms with Gasteiger partial charge in [0.05, 0.1) is 5.69 Å². The fraction of sp³-hybridized carbons (Fsp3) is 0.105. The first kappa shape index (κ1) is 16.7. The quantitative estimate of drug-likeness (QED) is 0.721. The molecule has 0 amide bonds. The van der Waals surface area contributed by atoms with Gasteiger partial charge in [-0.3, -0.25) is 4.79 Å². The maximum Gasteiger partial charge on any atom is 0.191 e. The molecule has 0 radical (unpaired) electrons. The summed E-state index contributed by atoms with van der Waals surface area (Å²) >= 11 is 5.90. The number of nitrogen functional groups attached to an aromatic ring is 1. The number of hydrogen-bond donors (Lipinski definition) is 1.